The van der Waals surface area contributed by atoms with Gasteiger partial charge in [-0.15, -0.1) is 6.58 Å². The largest absolute Gasteiger partial charge is 0.363 e. The first-order valence-corrected chi connectivity index (χ1v) is 10.6. The van der Waals surface area contributed by atoms with Crippen molar-refractivity contribution in [2.45, 2.75) is 25.4 Å². The van der Waals surface area contributed by atoms with Gasteiger partial charge in [-0.1, -0.05) is 49.4 Å². The summed E-state index contributed by atoms with van der Waals surface area (Å²) < 4.78 is 0. The third-order valence-electron chi connectivity index (χ3n) is 6.47. The lowest BCUT2D eigenvalue weighted by molar-refractivity contribution is 0.369. The van der Waals surface area contributed by atoms with E-state index in [0.717, 1.165) is 23.7 Å². The molecule has 0 bridgehead atoms. The molecule has 3 heterocycles. The summed E-state index contributed by atoms with van der Waals surface area (Å²) in [6.07, 6.45) is 3.20. The molecule has 4 nitrogen and oxygen atoms in total. The fourth-order valence-corrected chi connectivity index (χ4v) is 5.07. The maximum absolute atomic E-state index is 5.11. The predicted molar refractivity (Wildman–Crippen MR) is 126 cm³/mol. The van der Waals surface area contributed by atoms with Crippen molar-refractivity contribution in [2.24, 2.45) is 5.92 Å². The molecular weight excluding hydrogens is 368 g/mol. The van der Waals surface area contributed by atoms with E-state index in [0.29, 0.717) is 11.8 Å². The average molecular weight is 397 g/mol. The van der Waals surface area contributed by atoms with Crippen molar-refractivity contribution in [1.29, 1.82) is 0 Å². The molecule has 0 amide bonds. The van der Waals surface area contributed by atoms with E-state index in [4.69, 9.17) is 4.98 Å². The molecule has 2 aliphatic heterocycles. The quantitative estimate of drug-likeness (QED) is 0.499. The summed E-state index contributed by atoms with van der Waals surface area (Å²) in [6, 6.07) is 23.8. The zero-order chi connectivity index (χ0) is 20.8. The van der Waals surface area contributed by atoms with Crippen LogP contribution >= 0.6 is 0 Å². The van der Waals surface area contributed by atoms with Crippen LogP contribution in [0.4, 0.5) is 28.7 Å². The zero-order valence-corrected chi connectivity index (χ0v) is 17.9. The first-order chi connectivity index (χ1) is 14.6. The number of nitrogens with zero attached hydrogens (tertiary/aromatic N) is 4. The van der Waals surface area contributed by atoms with E-state index < -0.39 is 0 Å². The van der Waals surface area contributed by atoms with Crippen molar-refractivity contribution in [3.05, 3.63) is 84.9 Å². The number of fused-ring (bicyclic) bond motifs is 5. The lowest BCUT2D eigenvalue weighted by Gasteiger charge is -2.45. The Morgan fingerprint density at radius 3 is 2.40 bits per heavy atom. The van der Waals surface area contributed by atoms with Crippen molar-refractivity contribution in [1.82, 2.24) is 4.98 Å². The standard InChI is InChI=1S/C26H28N4/c1-5-11-20-18(2)26-29(19-12-7-6-8-13-19)23-16-17-24(28(3)4)27-25(23)30(26)22-15-10-9-14-21(20)22/h5-10,12-18,20,26H,1,11H2,2-4H3. The summed E-state index contributed by atoms with van der Waals surface area (Å²) in [6.45, 7) is 6.42. The van der Waals surface area contributed by atoms with Gasteiger partial charge < -0.3 is 14.7 Å². The second kappa shape index (κ2) is 7.21. The number of rotatable bonds is 4. The SMILES string of the molecule is C=CCC1c2ccccc2N2c3nc(N(C)C)ccc3N(c3ccccc3)C2C1C. The number of allylic oxidation sites excluding steroid dienone is 1. The molecule has 1 aromatic heterocycles. The predicted octanol–water partition coefficient (Wildman–Crippen LogP) is 6.07. The van der Waals surface area contributed by atoms with Crippen molar-refractivity contribution >= 4 is 28.7 Å². The third-order valence-corrected chi connectivity index (χ3v) is 6.47. The van der Waals surface area contributed by atoms with Gasteiger partial charge in [0.15, 0.2) is 5.82 Å². The fourth-order valence-electron chi connectivity index (χ4n) is 5.07. The van der Waals surface area contributed by atoms with Gasteiger partial charge in [0, 0.05) is 31.4 Å². The van der Waals surface area contributed by atoms with Gasteiger partial charge >= 0.3 is 0 Å². The van der Waals surface area contributed by atoms with Crippen LogP contribution in [0.15, 0.2) is 79.4 Å². The molecule has 2 aromatic carbocycles. The molecule has 0 saturated heterocycles. The summed E-state index contributed by atoms with van der Waals surface area (Å²) in [5.74, 6) is 2.83. The van der Waals surface area contributed by atoms with Crippen LogP contribution in [-0.4, -0.2) is 25.2 Å². The molecule has 30 heavy (non-hydrogen) atoms. The first kappa shape index (κ1) is 18.7. The summed E-state index contributed by atoms with van der Waals surface area (Å²) in [7, 11) is 4.09. The molecule has 3 unspecified atom stereocenters. The highest BCUT2D eigenvalue weighted by molar-refractivity contribution is 5.88. The molecule has 0 N–H and O–H groups in total. The molecule has 5 rings (SSSR count). The topological polar surface area (TPSA) is 22.6 Å². The normalized spacial score (nSPS) is 21.6. The minimum Gasteiger partial charge on any atom is -0.363 e. The van der Waals surface area contributed by atoms with Gasteiger partial charge in [-0.05, 0) is 48.2 Å². The van der Waals surface area contributed by atoms with Gasteiger partial charge in [0.2, 0.25) is 0 Å². The molecule has 3 aromatic rings. The van der Waals surface area contributed by atoms with Gasteiger partial charge in [0.25, 0.3) is 0 Å². The van der Waals surface area contributed by atoms with E-state index in [-0.39, 0.29) is 6.17 Å². The second-order valence-electron chi connectivity index (χ2n) is 8.44. The van der Waals surface area contributed by atoms with Gasteiger partial charge in [-0.25, -0.2) is 4.98 Å². The fraction of sp³-hybridized carbons (Fsp3) is 0.269. The number of hydrogen-bond acceptors (Lipinski definition) is 4. The van der Waals surface area contributed by atoms with Crippen molar-refractivity contribution in [3.63, 3.8) is 0 Å². The van der Waals surface area contributed by atoms with E-state index >= 15 is 0 Å². The molecule has 0 saturated carbocycles. The zero-order valence-electron chi connectivity index (χ0n) is 17.9. The maximum Gasteiger partial charge on any atom is 0.161 e. The van der Waals surface area contributed by atoms with Crippen LogP contribution < -0.4 is 14.7 Å². The average Bonchev–Trinajstić information content (AvgIpc) is 3.12. The van der Waals surface area contributed by atoms with E-state index in [1.165, 1.54) is 16.9 Å². The van der Waals surface area contributed by atoms with Crippen LogP contribution in [0.1, 0.15) is 24.8 Å². The highest BCUT2D eigenvalue weighted by atomic mass is 15.5. The van der Waals surface area contributed by atoms with Crippen molar-refractivity contribution in [2.75, 3.05) is 28.8 Å². The van der Waals surface area contributed by atoms with Crippen LogP contribution in [0, 0.1) is 5.92 Å². The Bertz CT molecular complexity index is 1080. The molecule has 2 aliphatic rings. The highest BCUT2D eigenvalue weighted by Crippen LogP contribution is 2.56. The Balaban J connectivity index is 1.77. The Labute approximate surface area is 179 Å². The summed E-state index contributed by atoms with van der Waals surface area (Å²) >= 11 is 0. The summed E-state index contributed by atoms with van der Waals surface area (Å²) in [4.78, 5) is 12.1. The van der Waals surface area contributed by atoms with Gasteiger partial charge in [-0.2, -0.15) is 0 Å². The minimum absolute atomic E-state index is 0.173. The van der Waals surface area contributed by atoms with E-state index in [1.807, 2.05) is 14.1 Å². The molecule has 0 radical (unpaired) electrons. The molecule has 4 heteroatoms. The number of hydrogen-bond donors (Lipinski definition) is 0. The van der Waals surface area contributed by atoms with E-state index in [2.05, 4.69) is 101 Å². The molecule has 0 fully saturated rings. The van der Waals surface area contributed by atoms with Crippen LogP contribution in [0.25, 0.3) is 0 Å². The van der Waals surface area contributed by atoms with Gasteiger partial charge in [0.1, 0.15) is 12.0 Å². The highest BCUT2D eigenvalue weighted by Gasteiger charge is 2.48. The first-order valence-electron chi connectivity index (χ1n) is 10.6. The Morgan fingerprint density at radius 1 is 0.933 bits per heavy atom. The van der Waals surface area contributed by atoms with Crippen LogP contribution in [0.3, 0.4) is 0 Å². The Hall–Kier alpha value is -3.27. The molecule has 3 atom stereocenters. The monoisotopic (exact) mass is 396 g/mol. The number of aromatic nitrogens is 1. The smallest absolute Gasteiger partial charge is 0.161 e. The Kier molecular flexibility index (Phi) is 4.50. The number of anilines is 5. The molecular formula is C26H28N4. The molecule has 152 valence electrons. The van der Waals surface area contributed by atoms with E-state index in [1.54, 1.807) is 0 Å². The number of pyridine rings is 1. The van der Waals surface area contributed by atoms with Crippen molar-refractivity contribution < 1.29 is 0 Å². The van der Waals surface area contributed by atoms with Crippen LogP contribution in [0.5, 0.6) is 0 Å². The van der Waals surface area contributed by atoms with E-state index in [9.17, 15) is 0 Å². The Morgan fingerprint density at radius 2 is 1.67 bits per heavy atom. The number of benzene rings is 2. The summed E-state index contributed by atoms with van der Waals surface area (Å²) in [5, 5.41) is 0. The van der Waals surface area contributed by atoms with Crippen molar-refractivity contribution in [3.8, 4) is 0 Å². The molecule has 0 spiro atoms. The molecule has 0 aliphatic carbocycles. The van der Waals surface area contributed by atoms with Crippen LogP contribution in [0.2, 0.25) is 0 Å². The number of para-hydroxylation sites is 2. The van der Waals surface area contributed by atoms with Crippen LogP contribution in [-0.2, 0) is 0 Å². The maximum atomic E-state index is 5.11. The second-order valence-corrected chi connectivity index (χ2v) is 8.44. The minimum atomic E-state index is 0.173. The van der Waals surface area contributed by atoms with Gasteiger partial charge in [-0.3, -0.25) is 0 Å². The van der Waals surface area contributed by atoms with Gasteiger partial charge in [0.05, 0.1) is 5.69 Å². The third kappa shape index (κ3) is 2.71. The lowest BCUT2D eigenvalue weighted by Crippen LogP contribution is -2.48. The summed E-state index contributed by atoms with van der Waals surface area (Å²) in [5.41, 5.74) is 5.02. The lowest BCUT2D eigenvalue weighted by atomic mass is 9.78.